The second kappa shape index (κ2) is 9.90. The first-order valence-corrected chi connectivity index (χ1v) is 8.99. The van der Waals surface area contributed by atoms with Crippen molar-refractivity contribution in [2.24, 2.45) is 0 Å². The summed E-state index contributed by atoms with van der Waals surface area (Å²) in [4.78, 5) is 24.1. The zero-order chi connectivity index (χ0) is 20.5. The molecule has 0 amide bonds. The Morgan fingerprint density at radius 3 is 2.14 bits per heavy atom. The highest BCUT2D eigenvalue weighted by Crippen LogP contribution is 2.15. The molecule has 0 saturated carbocycles. The fraction of sp³-hybridized carbons (Fsp3) is 0.0833. The summed E-state index contributed by atoms with van der Waals surface area (Å²) in [5, 5.41) is 0. The van der Waals surface area contributed by atoms with E-state index in [2.05, 4.69) is 0 Å². The van der Waals surface area contributed by atoms with Gasteiger partial charge in [0.05, 0.1) is 12.7 Å². The van der Waals surface area contributed by atoms with Crippen molar-refractivity contribution in [3.8, 4) is 11.5 Å². The lowest BCUT2D eigenvalue weighted by Gasteiger charge is -2.06. The quantitative estimate of drug-likeness (QED) is 0.334. The van der Waals surface area contributed by atoms with Crippen molar-refractivity contribution < 1.29 is 23.8 Å². The van der Waals surface area contributed by atoms with E-state index in [1.54, 1.807) is 49.6 Å². The molecule has 0 radical (unpaired) electrons. The van der Waals surface area contributed by atoms with Gasteiger partial charge in [0.2, 0.25) is 0 Å². The van der Waals surface area contributed by atoms with Gasteiger partial charge in [0.25, 0.3) is 0 Å². The van der Waals surface area contributed by atoms with Crippen LogP contribution in [0.25, 0.3) is 6.08 Å². The molecule has 0 heterocycles. The van der Waals surface area contributed by atoms with Crippen molar-refractivity contribution in [2.45, 2.75) is 6.61 Å². The Morgan fingerprint density at radius 2 is 1.48 bits per heavy atom. The number of methoxy groups -OCH3 is 1. The van der Waals surface area contributed by atoms with Gasteiger partial charge in [-0.1, -0.05) is 42.5 Å². The summed E-state index contributed by atoms with van der Waals surface area (Å²) >= 11 is 0. The topological polar surface area (TPSA) is 61.8 Å². The molecule has 0 aliphatic carbocycles. The zero-order valence-electron chi connectivity index (χ0n) is 15.9. The molecule has 0 aliphatic rings. The van der Waals surface area contributed by atoms with Crippen LogP contribution in [0.1, 0.15) is 21.5 Å². The Labute approximate surface area is 169 Å². The average Bonchev–Trinajstić information content (AvgIpc) is 2.77. The summed E-state index contributed by atoms with van der Waals surface area (Å²) in [6.45, 7) is 0.201. The molecule has 0 aromatic heterocycles. The van der Waals surface area contributed by atoms with Crippen LogP contribution >= 0.6 is 0 Å². The lowest BCUT2D eigenvalue weighted by Crippen LogP contribution is -2.06. The molecule has 3 aromatic carbocycles. The number of carbonyl (C=O) groups is 2. The smallest absolute Gasteiger partial charge is 0.338 e. The molecule has 3 rings (SSSR count). The summed E-state index contributed by atoms with van der Waals surface area (Å²) in [5.74, 6) is 0.132. The Hall–Kier alpha value is -3.86. The predicted octanol–water partition coefficient (Wildman–Crippen LogP) is 4.67. The van der Waals surface area contributed by atoms with Crippen LogP contribution in [-0.4, -0.2) is 19.0 Å². The van der Waals surface area contributed by atoms with E-state index in [-0.39, 0.29) is 6.61 Å². The molecule has 0 bridgehead atoms. The first-order valence-electron chi connectivity index (χ1n) is 8.99. The fourth-order valence-corrected chi connectivity index (χ4v) is 2.49. The van der Waals surface area contributed by atoms with E-state index in [1.807, 2.05) is 42.5 Å². The maximum Gasteiger partial charge on any atom is 0.338 e. The second-order valence-corrected chi connectivity index (χ2v) is 6.11. The molecule has 0 atom stereocenters. The Kier molecular flexibility index (Phi) is 6.79. The van der Waals surface area contributed by atoms with Crippen LogP contribution in [0.2, 0.25) is 0 Å². The molecule has 146 valence electrons. The second-order valence-electron chi connectivity index (χ2n) is 6.11. The standard InChI is InChI=1S/C24H20O5/c1-27-21-12-7-18(8-13-21)9-16-23(25)29-22-14-10-20(11-15-22)24(26)28-17-19-5-3-2-4-6-19/h2-16H,17H2,1H3/b16-9+. The van der Waals surface area contributed by atoms with Gasteiger partial charge in [0, 0.05) is 6.08 Å². The highest BCUT2D eigenvalue weighted by atomic mass is 16.5. The Balaban J connectivity index is 1.51. The molecule has 5 nitrogen and oxygen atoms in total. The summed E-state index contributed by atoms with van der Waals surface area (Å²) in [6, 6.07) is 22.9. The van der Waals surface area contributed by atoms with Gasteiger partial charge < -0.3 is 14.2 Å². The third-order valence-electron chi connectivity index (χ3n) is 4.05. The van der Waals surface area contributed by atoms with Crippen LogP contribution in [0.4, 0.5) is 0 Å². The Morgan fingerprint density at radius 1 is 0.828 bits per heavy atom. The molecule has 0 aliphatic heterocycles. The summed E-state index contributed by atoms with van der Waals surface area (Å²) in [6.07, 6.45) is 2.99. The van der Waals surface area contributed by atoms with E-state index in [4.69, 9.17) is 14.2 Å². The van der Waals surface area contributed by atoms with Gasteiger partial charge in [-0.15, -0.1) is 0 Å². The van der Waals surface area contributed by atoms with Crippen LogP contribution in [0, 0.1) is 0 Å². The third kappa shape index (κ3) is 6.07. The van der Waals surface area contributed by atoms with Gasteiger partial charge in [-0.3, -0.25) is 0 Å². The number of hydrogen-bond donors (Lipinski definition) is 0. The SMILES string of the molecule is COc1ccc(/C=C/C(=O)Oc2ccc(C(=O)OCc3ccccc3)cc2)cc1. The van der Waals surface area contributed by atoms with Crippen molar-refractivity contribution in [3.63, 3.8) is 0 Å². The molecular weight excluding hydrogens is 368 g/mol. The van der Waals surface area contributed by atoms with Gasteiger partial charge >= 0.3 is 11.9 Å². The molecule has 5 heteroatoms. The lowest BCUT2D eigenvalue weighted by molar-refractivity contribution is -0.128. The minimum atomic E-state index is -0.514. The van der Waals surface area contributed by atoms with Crippen LogP contribution in [0.5, 0.6) is 11.5 Å². The predicted molar refractivity (Wildman–Crippen MR) is 110 cm³/mol. The van der Waals surface area contributed by atoms with Crippen LogP contribution in [0.15, 0.2) is 84.9 Å². The molecule has 0 unspecified atom stereocenters. The summed E-state index contributed by atoms with van der Waals surface area (Å²) in [5.41, 5.74) is 2.14. The van der Waals surface area contributed by atoms with E-state index in [0.29, 0.717) is 11.3 Å². The summed E-state index contributed by atoms with van der Waals surface area (Å²) < 4.78 is 15.6. The highest BCUT2D eigenvalue weighted by Gasteiger charge is 2.08. The molecule has 3 aromatic rings. The van der Waals surface area contributed by atoms with Crippen molar-refractivity contribution >= 4 is 18.0 Å². The fourth-order valence-electron chi connectivity index (χ4n) is 2.49. The molecule has 0 spiro atoms. The zero-order valence-corrected chi connectivity index (χ0v) is 15.9. The van der Waals surface area contributed by atoms with E-state index >= 15 is 0 Å². The molecule has 0 saturated heterocycles. The monoisotopic (exact) mass is 388 g/mol. The maximum atomic E-state index is 12.1. The van der Waals surface area contributed by atoms with Gasteiger partial charge in [-0.05, 0) is 53.6 Å². The van der Waals surface area contributed by atoms with Gasteiger partial charge in [-0.2, -0.15) is 0 Å². The number of esters is 2. The number of hydrogen-bond acceptors (Lipinski definition) is 5. The number of carbonyl (C=O) groups excluding carboxylic acids is 2. The molecular formula is C24H20O5. The van der Waals surface area contributed by atoms with Crippen molar-refractivity contribution in [1.82, 2.24) is 0 Å². The van der Waals surface area contributed by atoms with Gasteiger partial charge in [0.1, 0.15) is 18.1 Å². The number of rotatable bonds is 7. The van der Waals surface area contributed by atoms with Crippen LogP contribution < -0.4 is 9.47 Å². The number of ether oxygens (including phenoxy) is 3. The van der Waals surface area contributed by atoms with Crippen molar-refractivity contribution in [3.05, 3.63) is 102 Å². The van der Waals surface area contributed by atoms with Crippen LogP contribution in [-0.2, 0) is 16.1 Å². The van der Waals surface area contributed by atoms with Gasteiger partial charge in [-0.25, -0.2) is 9.59 Å². The first kappa shape index (κ1) is 19.9. The lowest BCUT2D eigenvalue weighted by atomic mass is 10.2. The summed E-state index contributed by atoms with van der Waals surface area (Å²) in [7, 11) is 1.59. The largest absolute Gasteiger partial charge is 0.497 e. The normalized spacial score (nSPS) is 10.5. The van der Waals surface area contributed by atoms with Gasteiger partial charge in [0.15, 0.2) is 0 Å². The van der Waals surface area contributed by atoms with E-state index in [1.165, 1.54) is 6.08 Å². The van der Waals surface area contributed by atoms with E-state index < -0.39 is 11.9 Å². The minimum Gasteiger partial charge on any atom is -0.497 e. The Bertz CT molecular complexity index is 974. The maximum absolute atomic E-state index is 12.1. The van der Waals surface area contributed by atoms with E-state index in [0.717, 1.165) is 16.9 Å². The molecule has 0 fully saturated rings. The first-order chi connectivity index (χ1) is 14.1. The number of benzene rings is 3. The van der Waals surface area contributed by atoms with Crippen molar-refractivity contribution in [2.75, 3.05) is 7.11 Å². The molecule has 0 N–H and O–H groups in total. The average molecular weight is 388 g/mol. The van der Waals surface area contributed by atoms with Crippen molar-refractivity contribution in [1.29, 1.82) is 0 Å². The van der Waals surface area contributed by atoms with Crippen LogP contribution in [0.3, 0.4) is 0 Å². The molecule has 29 heavy (non-hydrogen) atoms. The minimum absolute atomic E-state index is 0.201. The highest BCUT2D eigenvalue weighted by molar-refractivity contribution is 5.90. The van der Waals surface area contributed by atoms with E-state index in [9.17, 15) is 9.59 Å². The third-order valence-corrected chi connectivity index (χ3v) is 4.05.